The summed E-state index contributed by atoms with van der Waals surface area (Å²) < 4.78 is 0. The molecule has 0 aliphatic carbocycles. The second-order valence-corrected chi connectivity index (χ2v) is 1.65. The lowest BCUT2D eigenvalue weighted by atomic mass is 10.5. The molecule has 0 spiro atoms. The van der Waals surface area contributed by atoms with Crippen LogP contribution in [0.3, 0.4) is 0 Å². The Morgan fingerprint density at radius 3 is 2.38 bits per heavy atom. The molecule has 0 bridgehead atoms. The van der Waals surface area contributed by atoms with E-state index in [1.165, 1.54) is 0 Å². The molecule has 0 aliphatic rings. The van der Waals surface area contributed by atoms with E-state index in [1.807, 2.05) is 13.8 Å². The standard InChI is InChI=1S/C5H7N3/c1-4-3-6-5(2)8-7-4/h3H,1-2H3. The van der Waals surface area contributed by atoms with Crippen molar-refractivity contribution in [1.82, 2.24) is 15.2 Å². The van der Waals surface area contributed by atoms with Gasteiger partial charge in [0.25, 0.3) is 0 Å². The maximum absolute atomic E-state index is 3.91. The van der Waals surface area contributed by atoms with Crippen molar-refractivity contribution in [2.24, 2.45) is 0 Å². The van der Waals surface area contributed by atoms with Crippen molar-refractivity contribution in [3.63, 3.8) is 0 Å². The smallest absolute Gasteiger partial charge is 0.147 e. The molecule has 42 valence electrons. The van der Waals surface area contributed by atoms with E-state index < -0.39 is 0 Å². The Bertz CT molecular complexity index is 147. The Hall–Kier alpha value is -0.990. The highest BCUT2D eigenvalue weighted by atomic mass is 15.1. The number of rotatable bonds is 0. The molecule has 1 aromatic heterocycles. The predicted octanol–water partition coefficient (Wildman–Crippen LogP) is 0.488. The summed E-state index contributed by atoms with van der Waals surface area (Å²) >= 11 is 0. The quantitative estimate of drug-likeness (QED) is 0.486. The molecule has 8 heavy (non-hydrogen) atoms. The Kier molecular flexibility index (Phi) is 1.20. The van der Waals surface area contributed by atoms with Gasteiger partial charge in [-0.15, -0.1) is 5.10 Å². The molecule has 0 unspecified atom stereocenters. The molecule has 0 saturated heterocycles. The highest BCUT2D eigenvalue weighted by Gasteiger charge is 1.84. The molecule has 0 fully saturated rings. The molecule has 0 saturated carbocycles. The third kappa shape index (κ3) is 0.992. The molecule has 1 heterocycles. The van der Waals surface area contributed by atoms with Crippen LogP contribution < -0.4 is 0 Å². The van der Waals surface area contributed by atoms with Crippen molar-refractivity contribution < 1.29 is 0 Å². The van der Waals surface area contributed by atoms with Crippen LogP contribution in [0.4, 0.5) is 0 Å². The van der Waals surface area contributed by atoms with E-state index in [0.29, 0.717) is 0 Å². The molecule has 0 radical (unpaired) electrons. The molecule has 0 aromatic carbocycles. The van der Waals surface area contributed by atoms with E-state index in [9.17, 15) is 0 Å². The van der Waals surface area contributed by atoms with Crippen LogP contribution in [0.1, 0.15) is 11.5 Å². The van der Waals surface area contributed by atoms with Crippen molar-refractivity contribution in [2.45, 2.75) is 13.8 Å². The van der Waals surface area contributed by atoms with Crippen molar-refractivity contribution in [3.05, 3.63) is 17.7 Å². The Labute approximate surface area is 47.8 Å². The number of nitrogens with zero attached hydrogens (tertiary/aromatic N) is 3. The summed E-state index contributed by atoms with van der Waals surface area (Å²) in [5.41, 5.74) is 0.857. The van der Waals surface area contributed by atoms with Crippen LogP contribution in [0.25, 0.3) is 0 Å². The summed E-state index contributed by atoms with van der Waals surface area (Å²) in [6, 6.07) is 0. The third-order valence-corrected chi connectivity index (χ3v) is 0.791. The third-order valence-electron chi connectivity index (χ3n) is 0.791. The molecule has 1 rings (SSSR count). The van der Waals surface area contributed by atoms with Crippen molar-refractivity contribution in [3.8, 4) is 0 Å². The zero-order chi connectivity index (χ0) is 5.98. The van der Waals surface area contributed by atoms with Gasteiger partial charge in [-0.05, 0) is 13.8 Å². The van der Waals surface area contributed by atoms with E-state index in [4.69, 9.17) is 0 Å². The first-order valence-corrected chi connectivity index (χ1v) is 2.42. The first kappa shape index (κ1) is 5.15. The average molecular weight is 109 g/mol. The summed E-state index contributed by atoms with van der Waals surface area (Å²) in [6.07, 6.45) is 1.70. The lowest BCUT2D eigenvalue weighted by molar-refractivity contribution is 0.874. The maximum atomic E-state index is 3.91. The minimum atomic E-state index is 0.718. The SMILES string of the molecule is Cc1cnc(C)nn1. The van der Waals surface area contributed by atoms with E-state index in [0.717, 1.165) is 11.5 Å². The maximum Gasteiger partial charge on any atom is 0.147 e. The van der Waals surface area contributed by atoms with Gasteiger partial charge in [-0.3, -0.25) is 0 Å². The fraction of sp³-hybridized carbons (Fsp3) is 0.400. The van der Waals surface area contributed by atoms with Crippen molar-refractivity contribution in [1.29, 1.82) is 0 Å². The average Bonchev–Trinajstić information content (AvgIpc) is 1.77. The molecule has 0 atom stereocenters. The van der Waals surface area contributed by atoms with Gasteiger partial charge in [0.2, 0.25) is 0 Å². The van der Waals surface area contributed by atoms with Gasteiger partial charge in [-0.1, -0.05) is 0 Å². The first-order chi connectivity index (χ1) is 3.79. The van der Waals surface area contributed by atoms with Crippen molar-refractivity contribution >= 4 is 0 Å². The van der Waals surface area contributed by atoms with Gasteiger partial charge >= 0.3 is 0 Å². The number of hydrogen-bond donors (Lipinski definition) is 0. The summed E-state index contributed by atoms with van der Waals surface area (Å²) in [7, 11) is 0. The van der Waals surface area contributed by atoms with Crippen LogP contribution in [0.15, 0.2) is 6.20 Å². The highest BCUT2D eigenvalue weighted by Crippen LogP contribution is 1.84. The van der Waals surface area contributed by atoms with Crippen LogP contribution in [0.5, 0.6) is 0 Å². The number of aryl methyl sites for hydroxylation is 2. The monoisotopic (exact) mass is 109 g/mol. The fourth-order valence-corrected chi connectivity index (χ4v) is 0.390. The molecule has 3 nitrogen and oxygen atoms in total. The molecule has 3 heteroatoms. The minimum absolute atomic E-state index is 0.718. The number of aromatic nitrogens is 3. The lowest BCUT2D eigenvalue weighted by Gasteiger charge is -1.86. The second kappa shape index (κ2) is 1.86. The summed E-state index contributed by atoms with van der Waals surface area (Å²) in [5.74, 6) is 0.718. The van der Waals surface area contributed by atoms with Gasteiger partial charge in [0.1, 0.15) is 5.82 Å². The molecular weight excluding hydrogens is 102 g/mol. The fourth-order valence-electron chi connectivity index (χ4n) is 0.390. The normalized spacial score (nSPS) is 9.25. The van der Waals surface area contributed by atoms with E-state index in [-0.39, 0.29) is 0 Å². The zero-order valence-corrected chi connectivity index (χ0v) is 4.92. The zero-order valence-electron chi connectivity index (χ0n) is 4.92. The predicted molar refractivity (Wildman–Crippen MR) is 29.3 cm³/mol. The summed E-state index contributed by atoms with van der Waals surface area (Å²) in [6.45, 7) is 3.67. The molecule has 0 N–H and O–H groups in total. The molecule has 0 aliphatic heterocycles. The largest absolute Gasteiger partial charge is 0.238 e. The Morgan fingerprint density at radius 1 is 1.25 bits per heavy atom. The van der Waals surface area contributed by atoms with E-state index >= 15 is 0 Å². The number of hydrogen-bond acceptors (Lipinski definition) is 3. The summed E-state index contributed by atoms with van der Waals surface area (Å²) in [5, 5.41) is 7.48. The van der Waals surface area contributed by atoms with Gasteiger partial charge in [-0.25, -0.2) is 4.98 Å². The molecule has 1 aromatic rings. The van der Waals surface area contributed by atoms with Crippen molar-refractivity contribution in [2.75, 3.05) is 0 Å². The van der Waals surface area contributed by atoms with Gasteiger partial charge in [-0.2, -0.15) is 5.10 Å². The van der Waals surface area contributed by atoms with Crippen LogP contribution in [0.2, 0.25) is 0 Å². The lowest BCUT2D eigenvalue weighted by Crippen LogP contribution is -1.91. The molecular formula is C5H7N3. The van der Waals surface area contributed by atoms with E-state index in [1.54, 1.807) is 6.20 Å². The Morgan fingerprint density at radius 2 is 2.00 bits per heavy atom. The summed E-state index contributed by atoms with van der Waals surface area (Å²) in [4.78, 5) is 3.91. The van der Waals surface area contributed by atoms with Crippen LogP contribution in [0, 0.1) is 13.8 Å². The minimum Gasteiger partial charge on any atom is -0.238 e. The van der Waals surface area contributed by atoms with Crippen LogP contribution in [-0.4, -0.2) is 15.2 Å². The van der Waals surface area contributed by atoms with Crippen LogP contribution in [-0.2, 0) is 0 Å². The Balaban J connectivity index is 3.03. The highest BCUT2D eigenvalue weighted by molar-refractivity contribution is 4.88. The topological polar surface area (TPSA) is 38.7 Å². The van der Waals surface area contributed by atoms with Crippen LogP contribution >= 0.6 is 0 Å². The van der Waals surface area contributed by atoms with Gasteiger partial charge in [0.05, 0.1) is 11.9 Å². The second-order valence-electron chi connectivity index (χ2n) is 1.65. The van der Waals surface area contributed by atoms with Gasteiger partial charge < -0.3 is 0 Å². The molecule has 0 amide bonds. The van der Waals surface area contributed by atoms with Gasteiger partial charge in [0, 0.05) is 0 Å². The van der Waals surface area contributed by atoms with E-state index in [2.05, 4.69) is 15.2 Å². The first-order valence-electron chi connectivity index (χ1n) is 2.42. The van der Waals surface area contributed by atoms with Gasteiger partial charge in [0.15, 0.2) is 0 Å².